The number of rotatable bonds is 4. The van der Waals surface area contributed by atoms with Gasteiger partial charge in [0.25, 0.3) is 0 Å². The molecule has 20 heavy (non-hydrogen) atoms. The number of benzene rings is 2. The number of imidazole rings is 1. The van der Waals surface area contributed by atoms with E-state index in [0.717, 1.165) is 12.1 Å². The average Bonchev–Trinajstić information content (AvgIpc) is 2.91. The summed E-state index contributed by atoms with van der Waals surface area (Å²) >= 11 is 0. The van der Waals surface area contributed by atoms with Gasteiger partial charge < -0.3 is 4.57 Å². The molecule has 4 nitrogen and oxygen atoms in total. The number of hydrogen-bond donors (Lipinski definition) is 2. The molecule has 0 aliphatic carbocycles. The molecule has 3 N–H and O–H groups in total. The van der Waals surface area contributed by atoms with Crippen LogP contribution in [-0.2, 0) is 13.5 Å². The van der Waals surface area contributed by atoms with Gasteiger partial charge in [0.05, 0.1) is 18.1 Å². The third-order valence-corrected chi connectivity index (χ3v) is 3.72. The minimum absolute atomic E-state index is 0.0494. The number of nitrogens with zero attached hydrogens (tertiary/aromatic N) is 2. The van der Waals surface area contributed by atoms with Crippen molar-refractivity contribution in [3.8, 4) is 0 Å². The van der Waals surface area contributed by atoms with E-state index < -0.39 is 0 Å². The maximum Gasteiger partial charge on any atom is 0.0946 e. The smallest absolute Gasteiger partial charge is 0.0946 e. The van der Waals surface area contributed by atoms with Crippen molar-refractivity contribution in [2.24, 2.45) is 12.9 Å². The highest BCUT2D eigenvalue weighted by Gasteiger charge is 2.15. The number of fused-ring (bicyclic) bond motifs is 1. The molecule has 0 aliphatic rings. The first kappa shape index (κ1) is 12.8. The Morgan fingerprint density at radius 3 is 2.75 bits per heavy atom. The number of hydrogen-bond acceptors (Lipinski definition) is 3. The molecular weight excluding hydrogens is 248 g/mol. The third kappa shape index (κ3) is 2.31. The highest BCUT2D eigenvalue weighted by atomic mass is 15.2. The lowest BCUT2D eigenvalue weighted by Crippen LogP contribution is -2.30. The van der Waals surface area contributed by atoms with Crippen molar-refractivity contribution in [1.29, 1.82) is 0 Å². The van der Waals surface area contributed by atoms with Gasteiger partial charge in [-0.3, -0.25) is 11.3 Å². The van der Waals surface area contributed by atoms with E-state index in [0.29, 0.717) is 0 Å². The van der Waals surface area contributed by atoms with Crippen LogP contribution in [0.25, 0.3) is 10.8 Å². The molecule has 0 saturated carbocycles. The van der Waals surface area contributed by atoms with Crippen LogP contribution in [0.4, 0.5) is 0 Å². The quantitative estimate of drug-likeness (QED) is 0.563. The van der Waals surface area contributed by atoms with Gasteiger partial charge in [-0.25, -0.2) is 4.98 Å². The van der Waals surface area contributed by atoms with Crippen molar-refractivity contribution >= 4 is 10.8 Å². The summed E-state index contributed by atoms with van der Waals surface area (Å²) in [6.07, 6.45) is 4.48. The summed E-state index contributed by atoms with van der Waals surface area (Å²) < 4.78 is 2.00. The zero-order valence-corrected chi connectivity index (χ0v) is 11.5. The molecule has 0 bridgehead atoms. The first-order valence-electron chi connectivity index (χ1n) is 6.68. The van der Waals surface area contributed by atoms with E-state index in [1.54, 1.807) is 6.33 Å². The topological polar surface area (TPSA) is 55.9 Å². The molecule has 2 aromatic carbocycles. The lowest BCUT2D eigenvalue weighted by Gasteiger charge is -2.17. The molecule has 1 unspecified atom stereocenters. The van der Waals surface area contributed by atoms with E-state index in [4.69, 9.17) is 5.84 Å². The first-order chi connectivity index (χ1) is 9.79. The maximum atomic E-state index is 5.73. The predicted octanol–water partition coefficient (Wildman–Crippen LogP) is 2.32. The van der Waals surface area contributed by atoms with Crippen molar-refractivity contribution in [2.45, 2.75) is 12.5 Å². The van der Waals surface area contributed by atoms with E-state index >= 15 is 0 Å². The van der Waals surface area contributed by atoms with Crippen LogP contribution in [0, 0.1) is 0 Å². The lowest BCUT2D eigenvalue weighted by molar-refractivity contribution is 0.523. The van der Waals surface area contributed by atoms with Crippen LogP contribution < -0.4 is 11.3 Å². The Bertz CT molecular complexity index is 712. The molecular formula is C16H18N4. The Hall–Kier alpha value is -2.17. The average molecular weight is 266 g/mol. The third-order valence-electron chi connectivity index (χ3n) is 3.72. The summed E-state index contributed by atoms with van der Waals surface area (Å²) in [6.45, 7) is 0. The van der Waals surface area contributed by atoms with Crippen molar-refractivity contribution in [3.63, 3.8) is 0 Å². The fourth-order valence-electron chi connectivity index (χ4n) is 2.64. The molecule has 0 aliphatic heterocycles. The lowest BCUT2D eigenvalue weighted by atomic mass is 9.98. The zero-order valence-electron chi connectivity index (χ0n) is 11.5. The van der Waals surface area contributed by atoms with Crippen molar-refractivity contribution in [3.05, 3.63) is 66.2 Å². The summed E-state index contributed by atoms with van der Waals surface area (Å²) in [5.41, 5.74) is 5.27. The molecule has 0 fully saturated rings. The van der Waals surface area contributed by atoms with E-state index in [1.807, 2.05) is 17.8 Å². The number of hydrazine groups is 1. The van der Waals surface area contributed by atoms with Crippen LogP contribution in [0.3, 0.4) is 0 Å². The van der Waals surface area contributed by atoms with Gasteiger partial charge in [-0.1, -0.05) is 42.5 Å². The molecule has 0 amide bonds. The number of aromatic nitrogens is 2. The number of aryl methyl sites for hydroxylation is 1. The molecule has 3 aromatic rings. The summed E-state index contributed by atoms with van der Waals surface area (Å²) in [4.78, 5) is 4.16. The summed E-state index contributed by atoms with van der Waals surface area (Å²) in [5.74, 6) is 5.73. The predicted molar refractivity (Wildman–Crippen MR) is 80.9 cm³/mol. The molecule has 102 valence electrons. The Morgan fingerprint density at radius 2 is 2.00 bits per heavy atom. The highest BCUT2D eigenvalue weighted by molar-refractivity contribution is 5.85. The van der Waals surface area contributed by atoms with Gasteiger partial charge in [-0.05, 0) is 22.8 Å². The van der Waals surface area contributed by atoms with Gasteiger partial charge in [0, 0.05) is 13.2 Å². The molecule has 0 radical (unpaired) electrons. The van der Waals surface area contributed by atoms with Crippen LogP contribution in [0.15, 0.2) is 55.0 Å². The summed E-state index contributed by atoms with van der Waals surface area (Å²) in [6, 6.07) is 14.8. The van der Waals surface area contributed by atoms with E-state index in [2.05, 4.69) is 52.9 Å². The Labute approximate surface area is 118 Å². The van der Waals surface area contributed by atoms with Crippen molar-refractivity contribution in [2.75, 3.05) is 0 Å². The van der Waals surface area contributed by atoms with Gasteiger partial charge in [0.2, 0.25) is 0 Å². The number of nitrogens with two attached hydrogens (primary N) is 1. The second-order valence-corrected chi connectivity index (χ2v) is 4.99. The zero-order chi connectivity index (χ0) is 13.9. The molecule has 0 spiro atoms. The Morgan fingerprint density at radius 1 is 1.20 bits per heavy atom. The van der Waals surface area contributed by atoms with Crippen LogP contribution in [0.2, 0.25) is 0 Å². The van der Waals surface area contributed by atoms with Gasteiger partial charge in [0.15, 0.2) is 0 Å². The molecule has 0 saturated heterocycles. The maximum absolute atomic E-state index is 5.73. The second kappa shape index (κ2) is 5.45. The van der Waals surface area contributed by atoms with Crippen LogP contribution in [0.1, 0.15) is 17.3 Å². The van der Waals surface area contributed by atoms with Gasteiger partial charge >= 0.3 is 0 Å². The second-order valence-electron chi connectivity index (χ2n) is 4.99. The largest absolute Gasteiger partial charge is 0.336 e. The van der Waals surface area contributed by atoms with Gasteiger partial charge in [-0.2, -0.15) is 0 Å². The highest BCUT2D eigenvalue weighted by Crippen LogP contribution is 2.23. The van der Waals surface area contributed by atoms with Gasteiger partial charge in [-0.15, -0.1) is 0 Å². The number of nitrogens with one attached hydrogen (secondary N) is 1. The summed E-state index contributed by atoms with van der Waals surface area (Å²) in [7, 11) is 1.98. The fraction of sp³-hybridized carbons (Fsp3) is 0.188. The SMILES string of the molecule is Cn1cncc1C(Cc1cccc2ccccc12)NN. The summed E-state index contributed by atoms with van der Waals surface area (Å²) in [5, 5.41) is 2.53. The van der Waals surface area contributed by atoms with Crippen LogP contribution in [-0.4, -0.2) is 9.55 Å². The van der Waals surface area contributed by atoms with Crippen LogP contribution >= 0.6 is 0 Å². The minimum atomic E-state index is 0.0494. The molecule has 1 aromatic heterocycles. The van der Waals surface area contributed by atoms with E-state index in [-0.39, 0.29) is 6.04 Å². The van der Waals surface area contributed by atoms with E-state index in [9.17, 15) is 0 Å². The molecule has 4 heteroatoms. The molecule has 1 heterocycles. The first-order valence-corrected chi connectivity index (χ1v) is 6.68. The van der Waals surface area contributed by atoms with Crippen LogP contribution in [0.5, 0.6) is 0 Å². The van der Waals surface area contributed by atoms with Crippen molar-refractivity contribution in [1.82, 2.24) is 15.0 Å². The normalized spacial score (nSPS) is 12.7. The fourth-order valence-corrected chi connectivity index (χ4v) is 2.64. The Balaban J connectivity index is 1.98. The van der Waals surface area contributed by atoms with E-state index in [1.165, 1.54) is 16.3 Å². The molecule has 1 atom stereocenters. The Kier molecular flexibility index (Phi) is 3.50. The molecule has 3 rings (SSSR count). The minimum Gasteiger partial charge on any atom is -0.336 e. The van der Waals surface area contributed by atoms with Gasteiger partial charge in [0.1, 0.15) is 0 Å². The van der Waals surface area contributed by atoms with Crippen molar-refractivity contribution < 1.29 is 0 Å². The standard InChI is InChI=1S/C16H18N4/c1-20-11-18-10-16(20)15(19-17)9-13-7-4-6-12-5-2-3-8-14(12)13/h2-8,10-11,15,19H,9,17H2,1H3. The monoisotopic (exact) mass is 266 g/mol.